The zero-order valence-corrected chi connectivity index (χ0v) is 11.9. The number of rotatable bonds is 2. The Labute approximate surface area is 114 Å². The molecule has 2 aromatic rings. The molecule has 2 aromatic carbocycles. The molecule has 0 amide bonds. The molecule has 2 rings (SSSR count). The van der Waals surface area contributed by atoms with E-state index in [1.807, 2.05) is 60.7 Å². The quantitative estimate of drug-likeness (QED) is 0.493. The first kappa shape index (κ1) is 12.7. The van der Waals surface area contributed by atoms with Crippen LogP contribution in [0.5, 0.6) is 0 Å². The van der Waals surface area contributed by atoms with E-state index in [1.165, 1.54) is 0 Å². The van der Waals surface area contributed by atoms with Crippen molar-refractivity contribution < 1.29 is 34.4 Å². The molecule has 70 valence electrons. The van der Waals surface area contributed by atoms with Gasteiger partial charge in [0.25, 0.3) is 0 Å². The molecule has 0 saturated carbocycles. The summed E-state index contributed by atoms with van der Waals surface area (Å²) in [5.74, 6) is 0. The first-order chi connectivity index (χ1) is 6.88. The Hall–Kier alpha value is -0.383. The topological polar surface area (TPSA) is 23.1 Å². The van der Waals surface area contributed by atoms with Gasteiger partial charge < -0.3 is 4.80 Å². The van der Waals surface area contributed by atoms with Gasteiger partial charge in [0.1, 0.15) is 0 Å². The van der Waals surface area contributed by atoms with Crippen molar-refractivity contribution in [2.24, 2.45) is 0 Å². The largest absolute Gasteiger partial charge is 1.00 e. The molecule has 0 N–H and O–H groups in total. The van der Waals surface area contributed by atoms with E-state index in [4.69, 9.17) is 0 Å². The molecule has 0 aromatic heterocycles. The first-order valence-electron chi connectivity index (χ1n) is 4.63. The SMILES string of the molecule is [Na+].[O-][SiH](c1ccccc1)c1ccccc1. The summed E-state index contributed by atoms with van der Waals surface area (Å²) in [4.78, 5) is 12.1. The van der Waals surface area contributed by atoms with Crippen molar-refractivity contribution in [3.05, 3.63) is 60.7 Å². The fraction of sp³-hybridized carbons (Fsp3) is 0. The van der Waals surface area contributed by atoms with E-state index in [2.05, 4.69) is 0 Å². The van der Waals surface area contributed by atoms with E-state index >= 15 is 0 Å². The summed E-state index contributed by atoms with van der Waals surface area (Å²) >= 11 is 0. The standard InChI is InChI=1S/C12H11OSi.Na/c13-14(11-7-3-1-4-8-11)12-9-5-2-6-10-12;/h1-10,14H;/q-1;+1. The van der Waals surface area contributed by atoms with Gasteiger partial charge in [0, 0.05) is 9.04 Å². The first-order valence-corrected chi connectivity index (χ1v) is 6.26. The summed E-state index contributed by atoms with van der Waals surface area (Å²) in [5.41, 5.74) is 0. The molecule has 0 bridgehead atoms. The normalized spacial score (nSPS) is 9.73. The molecule has 1 nitrogen and oxygen atoms in total. The second kappa shape index (κ2) is 6.25. The third kappa shape index (κ3) is 3.29. The molecular formula is C12H11NaOSi. The van der Waals surface area contributed by atoms with E-state index in [-0.39, 0.29) is 29.6 Å². The predicted molar refractivity (Wildman–Crippen MR) is 59.3 cm³/mol. The Bertz CT molecular complexity index is 351. The van der Waals surface area contributed by atoms with Crippen molar-refractivity contribution in [2.45, 2.75) is 0 Å². The van der Waals surface area contributed by atoms with Crippen LogP contribution in [0.2, 0.25) is 0 Å². The van der Waals surface area contributed by atoms with Crippen molar-refractivity contribution in [1.29, 1.82) is 0 Å². The fourth-order valence-corrected chi connectivity index (χ4v) is 2.98. The van der Waals surface area contributed by atoms with Crippen molar-refractivity contribution in [3.63, 3.8) is 0 Å². The van der Waals surface area contributed by atoms with Gasteiger partial charge in [-0.2, -0.15) is 0 Å². The maximum Gasteiger partial charge on any atom is 1.00 e. The van der Waals surface area contributed by atoms with Crippen molar-refractivity contribution in [1.82, 2.24) is 0 Å². The molecule has 0 unspecified atom stereocenters. The molecule has 0 aliphatic heterocycles. The molecule has 0 aliphatic rings. The molecule has 0 saturated heterocycles. The third-order valence-corrected chi connectivity index (χ3v) is 4.19. The van der Waals surface area contributed by atoms with Crippen LogP contribution < -0.4 is 44.7 Å². The average molecular weight is 222 g/mol. The molecule has 0 heterocycles. The van der Waals surface area contributed by atoms with E-state index in [0.717, 1.165) is 10.4 Å². The Morgan fingerprint density at radius 2 is 1.00 bits per heavy atom. The summed E-state index contributed by atoms with van der Waals surface area (Å²) in [6.45, 7) is 0. The van der Waals surface area contributed by atoms with Crippen LogP contribution in [0.1, 0.15) is 0 Å². The Balaban J connectivity index is 0.00000112. The van der Waals surface area contributed by atoms with Crippen molar-refractivity contribution in [3.8, 4) is 0 Å². The molecule has 0 spiro atoms. The van der Waals surface area contributed by atoms with Crippen LogP contribution in [0.3, 0.4) is 0 Å². The van der Waals surface area contributed by atoms with Crippen LogP contribution in [-0.2, 0) is 0 Å². The van der Waals surface area contributed by atoms with Crippen molar-refractivity contribution >= 4 is 19.4 Å². The summed E-state index contributed by atoms with van der Waals surface area (Å²) < 4.78 is 0. The van der Waals surface area contributed by atoms with Gasteiger partial charge in [-0.05, 0) is 0 Å². The molecule has 3 heteroatoms. The van der Waals surface area contributed by atoms with Crippen molar-refractivity contribution in [2.75, 3.05) is 0 Å². The van der Waals surface area contributed by atoms with Gasteiger partial charge in [-0.3, -0.25) is 0 Å². The molecule has 0 atom stereocenters. The van der Waals surface area contributed by atoms with Crippen LogP contribution in [0, 0.1) is 0 Å². The van der Waals surface area contributed by atoms with Gasteiger partial charge in [-0.15, -0.1) is 0 Å². The number of benzene rings is 2. The minimum absolute atomic E-state index is 0. The van der Waals surface area contributed by atoms with Gasteiger partial charge in [0.15, 0.2) is 0 Å². The smallest absolute Gasteiger partial charge is 0.854 e. The summed E-state index contributed by atoms with van der Waals surface area (Å²) in [7, 11) is -2.17. The van der Waals surface area contributed by atoms with Crippen LogP contribution in [-0.4, -0.2) is 9.04 Å². The second-order valence-electron chi connectivity index (χ2n) is 3.20. The van der Waals surface area contributed by atoms with Gasteiger partial charge in [0.05, 0.1) is 0 Å². The van der Waals surface area contributed by atoms with E-state index < -0.39 is 9.04 Å². The van der Waals surface area contributed by atoms with E-state index in [0.29, 0.717) is 0 Å². The minimum atomic E-state index is -2.17. The molecule has 0 radical (unpaired) electrons. The van der Waals surface area contributed by atoms with Crippen LogP contribution in [0.25, 0.3) is 0 Å². The number of hydrogen-bond acceptors (Lipinski definition) is 1. The number of hydrogen-bond donors (Lipinski definition) is 0. The van der Waals surface area contributed by atoms with Crippen LogP contribution in [0.4, 0.5) is 0 Å². The Morgan fingerprint density at radius 3 is 1.33 bits per heavy atom. The van der Waals surface area contributed by atoms with Gasteiger partial charge >= 0.3 is 29.6 Å². The fourth-order valence-electron chi connectivity index (χ4n) is 1.45. The van der Waals surface area contributed by atoms with Crippen LogP contribution >= 0.6 is 0 Å². The maximum atomic E-state index is 12.1. The maximum absolute atomic E-state index is 12.1. The summed E-state index contributed by atoms with van der Waals surface area (Å²) in [6.07, 6.45) is 0. The van der Waals surface area contributed by atoms with E-state index in [9.17, 15) is 4.80 Å². The summed E-state index contributed by atoms with van der Waals surface area (Å²) in [5, 5.41) is 1.91. The molecular weight excluding hydrogens is 211 g/mol. The molecule has 0 aliphatic carbocycles. The van der Waals surface area contributed by atoms with Gasteiger partial charge in [-0.1, -0.05) is 71.0 Å². The summed E-state index contributed by atoms with van der Waals surface area (Å²) in [6, 6.07) is 19.3. The monoisotopic (exact) mass is 222 g/mol. The molecule has 15 heavy (non-hydrogen) atoms. The van der Waals surface area contributed by atoms with Gasteiger partial charge in [-0.25, -0.2) is 0 Å². The predicted octanol–water partition coefficient (Wildman–Crippen LogP) is -3.11. The average Bonchev–Trinajstić information content (AvgIpc) is 2.30. The van der Waals surface area contributed by atoms with Gasteiger partial charge in [0.2, 0.25) is 0 Å². The minimum Gasteiger partial charge on any atom is -0.854 e. The second-order valence-corrected chi connectivity index (χ2v) is 5.29. The Kier molecular flexibility index (Phi) is 5.29. The molecule has 0 fully saturated rings. The Morgan fingerprint density at radius 1 is 0.667 bits per heavy atom. The zero-order valence-electron chi connectivity index (χ0n) is 8.76. The van der Waals surface area contributed by atoms with Crippen LogP contribution in [0.15, 0.2) is 60.7 Å². The third-order valence-electron chi connectivity index (χ3n) is 2.20. The zero-order chi connectivity index (χ0) is 9.80. The van der Waals surface area contributed by atoms with E-state index in [1.54, 1.807) is 0 Å².